The normalized spacial score (nSPS) is 13.4. The summed E-state index contributed by atoms with van der Waals surface area (Å²) in [5.74, 6) is -2.12. The van der Waals surface area contributed by atoms with Gasteiger partial charge in [0.15, 0.2) is 6.10 Å². The summed E-state index contributed by atoms with van der Waals surface area (Å²) in [6, 6.07) is 13.4. The van der Waals surface area contributed by atoms with E-state index in [0.717, 1.165) is 0 Å². The molecule has 36 heavy (non-hydrogen) atoms. The molecule has 0 saturated heterocycles. The van der Waals surface area contributed by atoms with Gasteiger partial charge >= 0.3 is 6.18 Å². The fourth-order valence-corrected chi connectivity index (χ4v) is 3.27. The number of aliphatic hydroxyl groups is 3. The highest BCUT2D eigenvalue weighted by atomic mass is 19.4. The number of nitrogens with zero attached hydrogens (tertiary/aromatic N) is 3. The van der Waals surface area contributed by atoms with Crippen LogP contribution < -0.4 is 5.32 Å². The van der Waals surface area contributed by atoms with Gasteiger partial charge in [0.05, 0.1) is 12.7 Å². The van der Waals surface area contributed by atoms with Gasteiger partial charge in [-0.25, -0.2) is 0 Å². The van der Waals surface area contributed by atoms with Crippen molar-refractivity contribution in [1.82, 2.24) is 20.6 Å². The highest BCUT2D eigenvalue weighted by Crippen LogP contribution is 2.43. The Morgan fingerprint density at radius 3 is 2.31 bits per heavy atom. The first kappa shape index (κ1) is 25.0. The van der Waals surface area contributed by atoms with E-state index in [-0.39, 0.29) is 23.5 Å². The Labute approximate surface area is 201 Å². The second-order valence-electron chi connectivity index (χ2n) is 7.63. The highest BCUT2D eigenvalue weighted by Gasteiger charge is 2.43. The van der Waals surface area contributed by atoms with Crippen LogP contribution in [0.2, 0.25) is 0 Å². The van der Waals surface area contributed by atoms with Crippen molar-refractivity contribution in [3.63, 3.8) is 0 Å². The summed E-state index contributed by atoms with van der Waals surface area (Å²) < 4.78 is 51.6. The minimum absolute atomic E-state index is 0.0626. The standard InChI is InChI=1S/C23H19F3N4O6/c24-23(25,26)16-17(12-4-2-1-3-5-12)29-35-19(16)22-28-20(30-36-22)14-8-6-13(7-9-14)18(33)21(34)27-10-15(32)11-31/h1-9,15,18,31-33H,10-11H2,(H,27,34)/t15-,18+/m1/s1. The third kappa shape index (κ3) is 5.27. The van der Waals surface area contributed by atoms with Gasteiger partial charge in [0.25, 0.3) is 11.8 Å². The number of aliphatic hydroxyl groups excluding tert-OH is 3. The van der Waals surface area contributed by atoms with Crippen LogP contribution in [0.3, 0.4) is 0 Å². The van der Waals surface area contributed by atoms with Crippen molar-refractivity contribution < 1.29 is 42.3 Å². The summed E-state index contributed by atoms with van der Waals surface area (Å²) in [6.07, 6.45) is -7.55. The molecule has 1 amide bonds. The molecule has 188 valence electrons. The number of rotatable bonds is 8. The van der Waals surface area contributed by atoms with E-state index < -0.39 is 53.8 Å². The molecule has 4 N–H and O–H groups in total. The predicted octanol–water partition coefficient (Wildman–Crippen LogP) is 2.58. The first-order valence-electron chi connectivity index (χ1n) is 10.5. The van der Waals surface area contributed by atoms with Gasteiger partial charge in [-0.1, -0.05) is 64.9 Å². The molecule has 0 aliphatic rings. The zero-order chi connectivity index (χ0) is 25.9. The zero-order valence-electron chi connectivity index (χ0n) is 18.3. The van der Waals surface area contributed by atoms with Crippen LogP contribution in [0.25, 0.3) is 34.3 Å². The molecule has 0 saturated carbocycles. The van der Waals surface area contributed by atoms with Crippen LogP contribution in [0.15, 0.2) is 63.6 Å². The Morgan fingerprint density at radius 1 is 0.972 bits per heavy atom. The number of nitrogens with one attached hydrogen (secondary N) is 1. The molecule has 0 aliphatic heterocycles. The quantitative estimate of drug-likeness (QED) is 0.283. The minimum atomic E-state index is -4.82. The maximum absolute atomic E-state index is 13.9. The number of hydrogen-bond donors (Lipinski definition) is 4. The molecule has 2 heterocycles. The van der Waals surface area contributed by atoms with Gasteiger partial charge in [0, 0.05) is 17.7 Å². The van der Waals surface area contributed by atoms with Crippen molar-refractivity contribution in [2.45, 2.75) is 18.4 Å². The summed E-state index contributed by atoms with van der Waals surface area (Å²) in [5.41, 5.74) is -0.849. The fraction of sp³-hybridized carbons (Fsp3) is 0.217. The second kappa shape index (κ2) is 10.3. The lowest BCUT2D eigenvalue weighted by atomic mass is 10.1. The van der Waals surface area contributed by atoms with Crippen molar-refractivity contribution in [2.24, 2.45) is 0 Å². The lowest BCUT2D eigenvalue weighted by Gasteiger charge is -2.13. The lowest BCUT2D eigenvalue weighted by Crippen LogP contribution is -2.36. The number of benzene rings is 2. The van der Waals surface area contributed by atoms with E-state index in [2.05, 4.69) is 20.6 Å². The number of carbonyl (C=O) groups is 1. The van der Waals surface area contributed by atoms with E-state index >= 15 is 0 Å². The Morgan fingerprint density at radius 2 is 1.67 bits per heavy atom. The van der Waals surface area contributed by atoms with Crippen LogP contribution in [0.5, 0.6) is 0 Å². The fourth-order valence-electron chi connectivity index (χ4n) is 3.27. The van der Waals surface area contributed by atoms with Crippen LogP contribution in [-0.2, 0) is 11.0 Å². The molecule has 0 radical (unpaired) electrons. The average molecular weight is 504 g/mol. The number of halogens is 3. The topological polar surface area (TPSA) is 155 Å². The molecule has 0 aliphatic carbocycles. The van der Waals surface area contributed by atoms with Gasteiger partial charge in [-0.2, -0.15) is 18.2 Å². The molecule has 4 rings (SSSR count). The molecule has 10 nitrogen and oxygen atoms in total. The molecular weight excluding hydrogens is 485 g/mol. The minimum Gasteiger partial charge on any atom is -0.394 e. The molecule has 2 atom stereocenters. The molecule has 0 bridgehead atoms. The predicted molar refractivity (Wildman–Crippen MR) is 117 cm³/mol. The van der Waals surface area contributed by atoms with Crippen LogP contribution in [0, 0.1) is 0 Å². The third-order valence-corrected chi connectivity index (χ3v) is 5.10. The third-order valence-electron chi connectivity index (χ3n) is 5.10. The van der Waals surface area contributed by atoms with E-state index in [1.165, 1.54) is 36.4 Å². The van der Waals surface area contributed by atoms with E-state index in [1.54, 1.807) is 18.2 Å². The average Bonchev–Trinajstić information content (AvgIpc) is 3.55. The molecule has 4 aromatic rings. The first-order valence-corrected chi connectivity index (χ1v) is 10.5. The lowest BCUT2D eigenvalue weighted by molar-refractivity contribution is -0.137. The number of alkyl halides is 3. The van der Waals surface area contributed by atoms with Gasteiger partial charge in [0.1, 0.15) is 11.3 Å². The van der Waals surface area contributed by atoms with Crippen molar-refractivity contribution in [2.75, 3.05) is 13.2 Å². The van der Waals surface area contributed by atoms with Crippen LogP contribution in [-0.4, -0.2) is 55.8 Å². The van der Waals surface area contributed by atoms with Gasteiger partial charge in [0.2, 0.25) is 11.6 Å². The van der Waals surface area contributed by atoms with Crippen molar-refractivity contribution in [1.29, 1.82) is 0 Å². The summed E-state index contributed by atoms with van der Waals surface area (Å²) >= 11 is 0. The van der Waals surface area contributed by atoms with Crippen LogP contribution >= 0.6 is 0 Å². The SMILES string of the molecule is O=C(NC[C@@H](O)CO)[C@@H](O)c1ccc(-c2noc(-c3onc(-c4ccccc4)c3C(F)(F)F)n2)cc1. The zero-order valence-corrected chi connectivity index (χ0v) is 18.3. The summed E-state index contributed by atoms with van der Waals surface area (Å²) in [4.78, 5) is 16.0. The van der Waals surface area contributed by atoms with Crippen molar-refractivity contribution in [3.05, 3.63) is 65.7 Å². The van der Waals surface area contributed by atoms with Crippen molar-refractivity contribution >= 4 is 5.91 Å². The molecule has 2 aromatic carbocycles. The Hall–Kier alpha value is -4.07. The molecule has 0 fully saturated rings. The number of hydrogen-bond acceptors (Lipinski definition) is 9. The number of carbonyl (C=O) groups excluding carboxylic acids is 1. The maximum Gasteiger partial charge on any atom is 0.422 e. The first-order chi connectivity index (χ1) is 17.2. The second-order valence-corrected chi connectivity index (χ2v) is 7.63. The van der Waals surface area contributed by atoms with E-state index in [1.807, 2.05) is 0 Å². The Balaban J connectivity index is 1.57. The molecular formula is C23H19F3N4O6. The Bertz CT molecular complexity index is 1320. The molecule has 13 heteroatoms. The molecule has 0 spiro atoms. The van der Waals surface area contributed by atoms with Crippen molar-refractivity contribution in [3.8, 4) is 34.3 Å². The van der Waals surface area contributed by atoms with Crippen LogP contribution in [0.1, 0.15) is 17.2 Å². The van der Waals surface area contributed by atoms with Gasteiger partial charge < -0.3 is 29.7 Å². The highest BCUT2D eigenvalue weighted by molar-refractivity contribution is 5.82. The van der Waals surface area contributed by atoms with Gasteiger partial charge in [-0.3, -0.25) is 4.79 Å². The van der Waals surface area contributed by atoms with Gasteiger partial charge in [-0.15, -0.1) is 0 Å². The summed E-state index contributed by atoms with van der Waals surface area (Å²) in [5, 5.41) is 37.8. The molecule has 2 aromatic heterocycles. The van der Waals surface area contributed by atoms with Gasteiger partial charge in [-0.05, 0) is 5.56 Å². The summed E-state index contributed by atoms with van der Waals surface area (Å²) in [7, 11) is 0. The Kier molecular flexibility index (Phi) is 7.15. The smallest absolute Gasteiger partial charge is 0.394 e. The molecule has 0 unspecified atom stereocenters. The number of amides is 1. The number of aromatic nitrogens is 3. The van der Waals surface area contributed by atoms with E-state index in [9.17, 15) is 28.2 Å². The largest absolute Gasteiger partial charge is 0.422 e. The maximum atomic E-state index is 13.9. The van der Waals surface area contributed by atoms with E-state index in [4.69, 9.17) is 14.2 Å². The van der Waals surface area contributed by atoms with Crippen LogP contribution in [0.4, 0.5) is 13.2 Å². The monoisotopic (exact) mass is 504 g/mol. The summed E-state index contributed by atoms with van der Waals surface area (Å²) in [6.45, 7) is -0.798. The van der Waals surface area contributed by atoms with E-state index in [0.29, 0.717) is 5.56 Å².